The highest BCUT2D eigenvalue weighted by Gasteiger charge is 2.38. The van der Waals surface area contributed by atoms with Gasteiger partial charge in [0, 0.05) is 0 Å². The van der Waals surface area contributed by atoms with Crippen LogP contribution in [0.15, 0.2) is 37.2 Å². The monoisotopic (exact) mass is 338 g/mol. The fourth-order valence-corrected chi connectivity index (χ4v) is 6.00. The third-order valence-corrected chi connectivity index (χ3v) is 7.44. The Kier molecular flexibility index (Phi) is 5.10. The summed E-state index contributed by atoms with van der Waals surface area (Å²) in [5.74, 6) is 4.07. The van der Waals surface area contributed by atoms with Crippen molar-refractivity contribution in [3.05, 3.63) is 53.9 Å². The van der Waals surface area contributed by atoms with Crippen molar-refractivity contribution in [2.75, 3.05) is 0 Å². The van der Waals surface area contributed by atoms with Gasteiger partial charge in [-0.2, -0.15) is 0 Å². The van der Waals surface area contributed by atoms with Crippen LogP contribution in [-0.2, 0) is 12.8 Å². The molecule has 0 N–H and O–H groups in total. The van der Waals surface area contributed by atoms with Crippen LogP contribution < -0.4 is 0 Å². The van der Waals surface area contributed by atoms with Crippen LogP contribution in [-0.4, -0.2) is 0 Å². The number of hydrogen-bond acceptors (Lipinski definition) is 0. The van der Waals surface area contributed by atoms with Gasteiger partial charge < -0.3 is 0 Å². The minimum Gasteiger partial charge on any atom is -0.216 e. The minimum atomic E-state index is 0.503. The van der Waals surface area contributed by atoms with Crippen molar-refractivity contribution in [3.63, 3.8) is 0 Å². The molecule has 5 atom stereocenters. The summed E-state index contributed by atoms with van der Waals surface area (Å²) in [4.78, 5) is 0. The van der Waals surface area contributed by atoms with Gasteiger partial charge in [0.2, 0.25) is 0 Å². The van der Waals surface area contributed by atoms with Gasteiger partial charge in [-0.1, -0.05) is 36.9 Å². The topological polar surface area (TPSA) is 0 Å². The van der Waals surface area contributed by atoms with Crippen LogP contribution in [0.2, 0.25) is 0 Å². The summed E-state index contributed by atoms with van der Waals surface area (Å²) in [6, 6.07) is 6.92. The molecular weight excluding hydrogens is 307 g/mol. The lowest BCUT2D eigenvalue weighted by Crippen LogP contribution is -2.34. The van der Waals surface area contributed by atoms with E-state index in [0.29, 0.717) is 5.92 Å². The average Bonchev–Trinajstić information content (AvgIpc) is 2.67. The van der Waals surface area contributed by atoms with Crippen molar-refractivity contribution >= 4 is 6.08 Å². The van der Waals surface area contributed by atoms with E-state index in [4.69, 9.17) is 0 Å². The number of aryl methyl sites for hydroxylation is 1. The summed E-state index contributed by atoms with van der Waals surface area (Å²) >= 11 is 0. The molecule has 3 aliphatic rings. The Hall–Kier alpha value is -1.37. The second kappa shape index (κ2) is 7.48. The lowest BCUT2D eigenvalue weighted by Gasteiger charge is -2.44. The van der Waals surface area contributed by atoms with Gasteiger partial charge in [0.25, 0.3) is 0 Å². The lowest BCUT2D eigenvalue weighted by atomic mass is 9.61. The van der Waals surface area contributed by atoms with Gasteiger partial charge >= 0.3 is 0 Å². The van der Waals surface area contributed by atoms with Gasteiger partial charge in [0.1, 0.15) is 0 Å². The zero-order valence-electron chi connectivity index (χ0n) is 15.3. The molecule has 0 spiro atoms. The Morgan fingerprint density at radius 3 is 2.44 bits per heavy atom. The Morgan fingerprint density at radius 2 is 1.64 bits per heavy atom. The first kappa shape index (κ1) is 17.1. The van der Waals surface area contributed by atoms with Gasteiger partial charge in [-0.15, -0.1) is 0 Å². The van der Waals surface area contributed by atoms with E-state index in [1.165, 1.54) is 63.4 Å². The molecule has 1 heteroatoms. The first-order chi connectivity index (χ1) is 12.3. The number of fused-ring (bicyclic) bond motifs is 2. The first-order valence-electron chi connectivity index (χ1n) is 10.3. The van der Waals surface area contributed by atoms with Crippen molar-refractivity contribution in [3.8, 4) is 0 Å². The van der Waals surface area contributed by atoms with Crippen LogP contribution >= 0.6 is 0 Å². The molecule has 1 aromatic carbocycles. The molecule has 1 aromatic rings. The first-order valence-corrected chi connectivity index (χ1v) is 10.3. The van der Waals surface area contributed by atoms with Gasteiger partial charge in [-0.05, 0) is 104 Å². The predicted molar refractivity (Wildman–Crippen MR) is 104 cm³/mol. The molecule has 0 aliphatic heterocycles. The van der Waals surface area contributed by atoms with E-state index in [1.54, 1.807) is 17.2 Å². The van der Waals surface area contributed by atoms with E-state index < -0.39 is 0 Å². The average molecular weight is 339 g/mol. The van der Waals surface area contributed by atoms with Crippen LogP contribution in [0.1, 0.15) is 61.6 Å². The van der Waals surface area contributed by atoms with Gasteiger partial charge in [0.15, 0.2) is 0 Å². The molecule has 25 heavy (non-hydrogen) atoms. The zero-order valence-corrected chi connectivity index (χ0v) is 15.3. The summed E-state index contributed by atoms with van der Waals surface area (Å²) in [6.07, 6.45) is 16.4. The van der Waals surface area contributed by atoms with Crippen LogP contribution in [0.25, 0.3) is 6.08 Å². The van der Waals surface area contributed by atoms with E-state index in [9.17, 15) is 4.39 Å². The highest BCUT2D eigenvalue weighted by Crippen LogP contribution is 2.48. The van der Waals surface area contributed by atoms with E-state index in [0.717, 1.165) is 30.0 Å². The standard InChI is InChI=1S/C24H31F/c1-2-17-3-5-21-15-23(9-7-19(21)13-17)24-10-8-20-14-18(11-12-25)4-6-22(20)16-24/h2-3,5,11-13,18,20,22-24H,1,4,6-10,14-16H2/t18-,20?,22+,23?,24?/m0/s1. The Labute approximate surface area is 152 Å². The number of benzene rings is 1. The van der Waals surface area contributed by atoms with Gasteiger partial charge in [0.05, 0.1) is 6.33 Å². The van der Waals surface area contributed by atoms with Crippen molar-refractivity contribution in [2.24, 2.45) is 29.6 Å². The van der Waals surface area contributed by atoms with Crippen LogP contribution in [0.3, 0.4) is 0 Å². The number of rotatable bonds is 3. The highest BCUT2D eigenvalue weighted by atomic mass is 19.1. The van der Waals surface area contributed by atoms with E-state index in [1.807, 2.05) is 6.08 Å². The van der Waals surface area contributed by atoms with Crippen molar-refractivity contribution in [1.29, 1.82) is 0 Å². The molecule has 0 bridgehead atoms. The van der Waals surface area contributed by atoms with E-state index >= 15 is 0 Å². The number of hydrogen-bond donors (Lipinski definition) is 0. The predicted octanol–water partition coefficient (Wildman–Crippen LogP) is 6.75. The normalized spacial score (nSPS) is 35.2. The van der Waals surface area contributed by atoms with Crippen molar-refractivity contribution in [1.82, 2.24) is 0 Å². The molecule has 0 aromatic heterocycles. The molecule has 134 valence electrons. The lowest BCUT2D eigenvalue weighted by molar-refractivity contribution is 0.0809. The molecule has 0 saturated heterocycles. The molecule has 0 radical (unpaired) electrons. The third-order valence-electron chi connectivity index (χ3n) is 7.44. The zero-order chi connectivity index (χ0) is 17.2. The molecule has 0 heterocycles. The third kappa shape index (κ3) is 3.61. The molecule has 0 nitrogen and oxygen atoms in total. The van der Waals surface area contributed by atoms with Crippen LogP contribution in [0.4, 0.5) is 4.39 Å². The Bertz CT molecular complexity index is 643. The van der Waals surface area contributed by atoms with Crippen LogP contribution in [0.5, 0.6) is 0 Å². The SMILES string of the molecule is C=Cc1ccc2c(c1)CCC(C1CCC3C[C@H](C=CF)CC[C@@H]3C1)C2. The smallest absolute Gasteiger partial charge is 0.0829 e. The fourth-order valence-electron chi connectivity index (χ4n) is 6.00. The molecule has 3 aliphatic carbocycles. The summed E-state index contributed by atoms with van der Waals surface area (Å²) in [5.41, 5.74) is 4.40. The quantitative estimate of drug-likeness (QED) is 0.572. The molecular formula is C24H31F. The molecule has 0 amide bonds. The second-order valence-corrected chi connectivity index (χ2v) is 8.72. The van der Waals surface area contributed by atoms with Gasteiger partial charge in [-0.25, -0.2) is 4.39 Å². The maximum Gasteiger partial charge on any atom is 0.0829 e. The van der Waals surface area contributed by atoms with E-state index in [-0.39, 0.29) is 0 Å². The molecule has 2 fully saturated rings. The van der Waals surface area contributed by atoms with Gasteiger partial charge in [-0.3, -0.25) is 0 Å². The fraction of sp³-hybridized carbons (Fsp3) is 0.583. The van der Waals surface area contributed by atoms with Crippen molar-refractivity contribution in [2.45, 2.75) is 57.8 Å². The molecule has 4 rings (SSSR count). The second-order valence-electron chi connectivity index (χ2n) is 8.72. The summed E-state index contributed by atoms with van der Waals surface area (Å²) in [6.45, 7) is 3.90. The maximum absolute atomic E-state index is 12.5. The van der Waals surface area contributed by atoms with Crippen LogP contribution in [0, 0.1) is 29.6 Å². The van der Waals surface area contributed by atoms with Crippen molar-refractivity contribution < 1.29 is 4.39 Å². The largest absolute Gasteiger partial charge is 0.216 e. The Balaban J connectivity index is 1.38. The number of allylic oxidation sites excluding steroid dienone is 1. The summed E-state index contributed by atoms with van der Waals surface area (Å²) in [7, 11) is 0. The molecule has 3 unspecified atom stereocenters. The summed E-state index contributed by atoms with van der Waals surface area (Å²) in [5, 5.41) is 0. The molecule has 2 saturated carbocycles. The minimum absolute atomic E-state index is 0.503. The Morgan fingerprint density at radius 1 is 0.880 bits per heavy atom. The summed E-state index contributed by atoms with van der Waals surface area (Å²) < 4.78 is 12.5. The number of halogens is 1. The highest BCUT2D eigenvalue weighted by molar-refractivity contribution is 5.50. The maximum atomic E-state index is 12.5. The van der Waals surface area contributed by atoms with E-state index in [2.05, 4.69) is 24.8 Å².